The Morgan fingerprint density at radius 2 is 2.13 bits per heavy atom. The number of fused-ring (bicyclic) bond motifs is 1. The number of β-lactam (4-membered cyclic amide) rings is 1. The highest BCUT2D eigenvalue weighted by atomic mass is 16.5. The van der Waals surface area contributed by atoms with Crippen molar-refractivity contribution < 1.29 is 9.53 Å². The van der Waals surface area contributed by atoms with Crippen molar-refractivity contribution in [2.24, 2.45) is 5.92 Å². The quantitative estimate of drug-likeness (QED) is 0.747. The van der Waals surface area contributed by atoms with E-state index in [1.165, 1.54) is 5.56 Å². The number of benzene rings is 1. The summed E-state index contributed by atoms with van der Waals surface area (Å²) in [5.41, 5.74) is 1.17. The van der Waals surface area contributed by atoms with Gasteiger partial charge in [-0.3, -0.25) is 4.79 Å². The van der Waals surface area contributed by atoms with Crippen LogP contribution in [0.25, 0.3) is 0 Å². The highest BCUT2D eigenvalue weighted by molar-refractivity contribution is 5.88. The summed E-state index contributed by atoms with van der Waals surface area (Å²) in [6.45, 7) is 0.613. The standard InChI is InChI=1S/C12H13NO2/c14-12-11-9(13-12)6-10(11)15-7-8-4-2-1-3-5-8/h1-5,9-11H,6-7H2,(H,13,14). The highest BCUT2D eigenvalue weighted by Gasteiger charge is 2.54. The molecule has 1 heterocycles. The van der Waals surface area contributed by atoms with Crippen LogP contribution in [0.4, 0.5) is 0 Å². The predicted molar refractivity (Wildman–Crippen MR) is 55.1 cm³/mol. The van der Waals surface area contributed by atoms with Crippen LogP contribution in [0.5, 0.6) is 0 Å². The molecule has 1 aromatic rings. The van der Waals surface area contributed by atoms with Gasteiger partial charge in [0, 0.05) is 6.04 Å². The van der Waals surface area contributed by atoms with Crippen molar-refractivity contribution in [1.29, 1.82) is 0 Å². The Hall–Kier alpha value is -1.35. The number of carbonyl (C=O) groups excluding carboxylic acids is 1. The second kappa shape index (κ2) is 3.35. The normalized spacial score (nSPS) is 32.3. The van der Waals surface area contributed by atoms with E-state index >= 15 is 0 Å². The van der Waals surface area contributed by atoms with Gasteiger partial charge in [-0.25, -0.2) is 0 Å². The molecule has 1 saturated carbocycles. The van der Waals surface area contributed by atoms with E-state index in [0.29, 0.717) is 12.6 Å². The lowest BCUT2D eigenvalue weighted by atomic mass is 9.70. The van der Waals surface area contributed by atoms with Crippen molar-refractivity contribution in [1.82, 2.24) is 5.32 Å². The molecule has 3 nitrogen and oxygen atoms in total. The molecular formula is C12H13NO2. The first-order valence-electron chi connectivity index (χ1n) is 5.30. The second-order valence-corrected chi connectivity index (χ2v) is 4.21. The van der Waals surface area contributed by atoms with Crippen LogP contribution in [-0.2, 0) is 16.1 Å². The summed E-state index contributed by atoms with van der Waals surface area (Å²) in [6.07, 6.45) is 1.12. The first kappa shape index (κ1) is 8.92. The molecule has 1 aliphatic heterocycles. The maximum Gasteiger partial charge on any atom is 0.228 e. The second-order valence-electron chi connectivity index (χ2n) is 4.21. The molecule has 3 unspecified atom stereocenters. The van der Waals surface area contributed by atoms with E-state index < -0.39 is 0 Å². The van der Waals surface area contributed by atoms with Crippen LogP contribution in [0, 0.1) is 5.92 Å². The van der Waals surface area contributed by atoms with E-state index in [1.807, 2.05) is 30.3 Å². The lowest BCUT2D eigenvalue weighted by Crippen LogP contribution is -2.71. The fraction of sp³-hybridized carbons (Fsp3) is 0.417. The zero-order chi connectivity index (χ0) is 10.3. The number of ether oxygens (including phenoxy) is 1. The molecule has 15 heavy (non-hydrogen) atoms. The monoisotopic (exact) mass is 203 g/mol. The van der Waals surface area contributed by atoms with Gasteiger partial charge in [0.2, 0.25) is 5.91 Å². The molecular weight excluding hydrogens is 190 g/mol. The molecule has 1 N–H and O–H groups in total. The van der Waals surface area contributed by atoms with Crippen molar-refractivity contribution in [3.8, 4) is 0 Å². The Bertz CT molecular complexity index is 376. The molecule has 1 saturated heterocycles. The van der Waals surface area contributed by atoms with Gasteiger partial charge in [0.1, 0.15) is 0 Å². The average Bonchev–Trinajstić information content (AvgIpc) is 2.24. The molecule has 0 radical (unpaired) electrons. The van der Waals surface area contributed by atoms with E-state index in [0.717, 1.165) is 6.42 Å². The summed E-state index contributed by atoms with van der Waals surface area (Å²) in [5, 5.41) is 2.85. The van der Waals surface area contributed by atoms with Gasteiger partial charge in [0.05, 0.1) is 18.6 Å². The molecule has 0 aromatic heterocycles. The van der Waals surface area contributed by atoms with Gasteiger partial charge in [-0.05, 0) is 12.0 Å². The smallest absolute Gasteiger partial charge is 0.228 e. The number of piperidine rings is 1. The Balaban J connectivity index is 1.53. The van der Waals surface area contributed by atoms with E-state index in [4.69, 9.17) is 4.74 Å². The van der Waals surface area contributed by atoms with Gasteiger partial charge in [-0.2, -0.15) is 0 Å². The third kappa shape index (κ3) is 1.43. The molecule has 78 valence electrons. The van der Waals surface area contributed by atoms with Crippen LogP contribution < -0.4 is 5.32 Å². The zero-order valence-electron chi connectivity index (χ0n) is 8.35. The number of nitrogens with one attached hydrogen (secondary N) is 1. The summed E-state index contributed by atoms with van der Waals surface area (Å²) >= 11 is 0. The Morgan fingerprint density at radius 3 is 2.80 bits per heavy atom. The van der Waals surface area contributed by atoms with Crippen LogP contribution in [0.15, 0.2) is 30.3 Å². The number of hydrogen-bond donors (Lipinski definition) is 1. The van der Waals surface area contributed by atoms with E-state index in [9.17, 15) is 4.79 Å². The molecule has 0 spiro atoms. The lowest BCUT2D eigenvalue weighted by molar-refractivity contribution is -0.164. The first-order chi connectivity index (χ1) is 7.34. The third-order valence-electron chi connectivity index (χ3n) is 3.26. The van der Waals surface area contributed by atoms with E-state index in [1.54, 1.807) is 0 Å². The first-order valence-corrected chi connectivity index (χ1v) is 5.30. The predicted octanol–water partition coefficient (Wildman–Crippen LogP) is 1.09. The largest absolute Gasteiger partial charge is 0.373 e. The summed E-state index contributed by atoms with van der Waals surface area (Å²) in [7, 11) is 0. The minimum atomic E-state index is 0.133. The maximum atomic E-state index is 11.1. The minimum absolute atomic E-state index is 0.133. The van der Waals surface area contributed by atoms with Crippen molar-refractivity contribution >= 4 is 5.91 Å². The molecule has 3 heteroatoms. The lowest BCUT2D eigenvalue weighted by Gasteiger charge is -2.51. The number of amides is 1. The van der Waals surface area contributed by atoms with Gasteiger partial charge in [0.25, 0.3) is 0 Å². The van der Waals surface area contributed by atoms with Gasteiger partial charge >= 0.3 is 0 Å². The Kier molecular flexibility index (Phi) is 1.99. The molecule has 2 aliphatic rings. The fourth-order valence-electron chi connectivity index (χ4n) is 2.24. The van der Waals surface area contributed by atoms with Crippen molar-refractivity contribution in [3.63, 3.8) is 0 Å². The van der Waals surface area contributed by atoms with Crippen LogP contribution in [0.1, 0.15) is 12.0 Å². The van der Waals surface area contributed by atoms with Gasteiger partial charge in [-0.1, -0.05) is 30.3 Å². The third-order valence-corrected chi connectivity index (χ3v) is 3.26. The molecule has 0 bridgehead atoms. The highest BCUT2D eigenvalue weighted by Crippen LogP contribution is 2.37. The molecule has 3 atom stereocenters. The molecule has 3 rings (SSSR count). The Morgan fingerprint density at radius 1 is 1.33 bits per heavy atom. The van der Waals surface area contributed by atoms with Gasteiger partial charge < -0.3 is 10.1 Å². The van der Waals surface area contributed by atoms with Crippen LogP contribution in [0.3, 0.4) is 0 Å². The van der Waals surface area contributed by atoms with E-state index in [-0.39, 0.29) is 17.9 Å². The summed E-state index contributed by atoms with van der Waals surface area (Å²) in [4.78, 5) is 11.1. The summed E-state index contributed by atoms with van der Waals surface area (Å²) in [6, 6.07) is 10.5. The van der Waals surface area contributed by atoms with E-state index in [2.05, 4.69) is 5.32 Å². The van der Waals surface area contributed by atoms with Crippen molar-refractivity contribution in [3.05, 3.63) is 35.9 Å². The van der Waals surface area contributed by atoms with Crippen molar-refractivity contribution in [2.45, 2.75) is 25.2 Å². The number of carbonyl (C=O) groups is 1. The van der Waals surface area contributed by atoms with Crippen LogP contribution >= 0.6 is 0 Å². The summed E-state index contributed by atoms with van der Waals surface area (Å²) in [5.74, 6) is 0.290. The SMILES string of the molecule is O=C1NC2CC(OCc3ccccc3)C12. The van der Waals surface area contributed by atoms with Gasteiger partial charge in [-0.15, -0.1) is 0 Å². The van der Waals surface area contributed by atoms with Crippen LogP contribution in [0.2, 0.25) is 0 Å². The molecule has 1 amide bonds. The fourth-order valence-corrected chi connectivity index (χ4v) is 2.24. The van der Waals surface area contributed by atoms with Crippen LogP contribution in [-0.4, -0.2) is 18.1 Å². The van der Waals surface area contributed by atoms with Crippen molar-refractivity contribution in [2.75, 3.05) is 0 Å². The topological polar surface area (TPSA) is 38.3 Å². The summed E-state index contributed by atoms with van der Waals surface area (Å²) < 4.78 is 5.71. The average molecular weight is 203 g/mol. The molecule has 1 aliphatic carbocycles. The molecule has 1 aromatic carbocycles. The maximum absolute atomic E-state index is 11.1. The molecule has 2 fully saturated rings. The Labute approximate surface area is 88.4 Å². The van der Waals surface area contributed by atoms with Gasteiger partial charge in [0.15, 0.2) is 0 Å². The number of rotatable bonds is 3. The zero-order valence-corrected chi connectivity index (χ0v) is 8.35. The minimum Gasteiger partial charge on any atom is -0.373 e. The number of hydrogen-bond acceptors (Lipinski definition) is 2.